The molecule has 1 amide bonds. The summed E-state index contributed by atoms with van der Waals surface area (Å²) in [6.45, 7) is 0.948. The molecule has 6 nitrogen and oxygen atoms in total. The minimum absolute atomic E-state index is 0.194. The van der Waals surface area contributed by atoms with Crippen molar-refractivity contribution in [2.45, 2.75) is 31.3 Å². The molecule has 2 atom stereocenters. The molecule has 0 aliphatic carbocycles. The summed E-state index contributed by atoms with van der Waals surface area (Å²) in [5.41, 5.74) is 5.66. The van der Waals surface area contributed by atoms with Gasteiger partial charge in [0.05, 0.1) is 12.3 Å². The van der Waals surface area contributed by atoms with E-state index in [-0.39, 0.29) is 18.4 Å². The maximum atomic E-state index is 11.9. The van der Waals surface area contributed by atoms with Gasteiger partial charge in [-0.15, -0.1) is 12.3 Å². The molecule has 0 saturated carbocycles. The number of nitrogens with two attached hydrogens (primary N) is 1. The van der Waals surface area contributed by atoms with E-state index in [1.807, 2.05) is 0 Å². The Kier molecular flexibility index (Phi) is 5.14. The number of piperidine rings is 1. The van der Waals surface area contributed by atoms with Crippen molar-refractivity contribution in [2.24, 2.45) is 5.73 Å². The molecule has 0 spiro atoms. The van der Waals surface area contributed by atoms with E-state index in [0.717, 1.165) is 19.1 Å². The number of rotatable bonds is 4. The Labute approximate surface area is 108 Å². The van der Waals surface area contributed by atoms with Crippen molar-refractivity contribution in [1.29, 1.82) is 0 Å². The molecule has 1 rings (SSSR count). The van der Waals surface area contributed by atoms with Crippen LogP contribution in [0.2, 0.25) is 0 Å². The van der Waals surface area contributed by atoms with Gasteiger partial charge in [-0.25, -0.2) is 13.1 Å². The van der Waals surface area contributed by atoms with Crippen molar-refractivity contribution in [3.05, 3.63) is 0 Å². The standard InChI is InChI=1S/C11H19N3O3S/c1-3-5-10(12)11(15)14-7-4-6-9(8-14)13-18(2,16)17/h1,9-10,13H,4-8,12H2,2H3. The van der Waals surface area contributed by atoms with Crippen molar-refractivity contribution in [1.82, 2.24) is 9.62 Å². The minimum atomic E-state index is -3.25. The molecule has 7 heteroatoms. The van der Waals surface area contributed by atoms with E-state index in [0.29, 0.717) is 13.1 Å². The fourth-order valence-electron chi connectivity index (χ4n) is 2.03. The van der Waals surface area contributed by atoms with Gasteiger partial charge in [0.15, 0.2) is 0 Å². The summed E-state index contributed by atoms with van der Waals surface area (Å²) in [5, 5.41) is 0. The number of likely N-dealkylation sites (tertiary alicyclic amines) is 1. The Hall–Kier alpha value is -1.10. The number of nitrogens with one attached hydrogen (secondary N) is 1. The first-order valence-corrected chi connectivity index (χ1v) is 7.67. The Bertz CT molecular complexity index is 441. The number of hydrogen-bond acceptors (Lipinski definition) is 4. The smallest absolute Gasteiger partial charge is 0.240 e. The maximum Gasteiger partial charge on any atom is 0.240 e. The fourth-order valence-corrected chi connectivity index (χ4v) is 2.82. The number of sulfonamides is 1. The van der Waals surface area contributed by atoms with Crippen molar-refractivity contribution in [3.63, 3.8) is 0 Å². The van der Waals surface area contributed by atoms with Crippen molar-refractivity contribution < 1.29 is 13.2 Å². The third kappa shape index (κ3) is 4.64. The minimum Gasteiger partial charge on any atom is -0.340 e. The van der Waals surface area contributed by atoms with Crippen LogP contribution in [0.3, 0.4) is 0 Å². The van der Waals surface area contributed by atoms with Gasteiger partial charge in [0.2, 0.25) is 15.9 Å². The van der Waals surface area contributed by atoms with Gasteiger partial charge in [0.25, 0.3) is 0 Å². The first kappa shape index (κ1) is 15.0. The molecule has 102 valence electrons. The molecule has 1 heterocycles. The van der Waals surface area contributed by atoms with E-state index in [1.54, 1.807) is 4.90 Å². The Morgan fingerprint density at radius 1 is 1.67 bits per heavy atom. The Morgan fingerprint density at radius 2 is 2.33 bits per heavy atom. The Balaban J connectivity index is 2.59. The lowest BCUT2D eigenvalue weighted by atomic mass is 10.1. The van der Waals surface area contributed by atoms with Crippen LogP contribution in [-0.2, 0) is 14.8 Å². The molecular formula is C11H19N3O3S. The second-order valence-electron chi connectivity index (χ2n) is 4.53. The zero-order valence-electron chi connectivity index (χ0n) is 10.4. The predicted molar refractivity (Wildman–Crippen MR) is 69.0 cm³/mol. The van der Waals surface area contributed by atoms with Gasteiger partial charge >= 0.3 is 0 Å². The van der Waals surface area contributed by atoms with E-state index in [9.17, 15) is 13.2 Å². The van der Waals surface area contributed by atoms with Crippen LogP contribution < -0.4 is 10.5 Å². The zero-order valence-corrected chi connectivity index (χ0v) is 11.2. The lowest BCUT2D eigenvalue weighted by molar-refractivity contribution is -0.133. The Morgan fingerprint density at radius 3 is 2.89 bits per heavy atom. The summed E-state index contributed by atoms with van der Waals surface area (Å²) in [5.74, 6) is 2.14. The van der Waals surface area contributed by atoms with E-state index < -0.39 is 16.1 Å². The van der Waals surface area contributed by atoms with E-state index in [2.05, 4.69) is 10.6 Å². The molecule has 1 fully saturated rings. The van der Waals surface area contributed by atoms with Gasteiger partial charge in [-0.1, -0.05) is 0 Å². The van der Waals surface area contributed by atoms with Gasteiger partial charge < -0.3 is 10.6 Å². The van der Waals surface area contributed by atoms with Crippen LogP contribution in [0.1, 0.15) is 19.3 Å². The van der Waals surface area contributed by atoms with Crippen LogP contribution in [-0.4, -0.2) is 50.7 Å². The van der Waals surface area contributed by atoms with Gasteiger partial charge in [0.1, 0.15) is 0 Å². The van der Waals surface area contributed by atoms with Crippen LogP contribution in [0.5, 0.6) is 0 Å². The van der Waals surface area contributed by atoms with E-state index >= 15 is 0 Å². The molecule has 2 unspecified atom stereocenters. The molecule has 0 aromatic heterocycles. The lowest BCUT2D eigenvalue weighted by Gasteiger charge is -2.34. The third-order valence-electron chi connectivity index (χ3n) is 2.77. The highest BCUT2D eigenvalue weighted by Crippen LogP contribution is 2.12. The van der Waals surface area contributed by atoms with Crippen LogP contribution in [0, 0.1) is 12.3 Å². The summed E-state index contributed by atoms with van der Waals surface area (Å²) in [6.07, 6.45) is 7.89. The first-order chi connectivity index (χ1) is 8.33. The molecule has 1 saturated heterocycles. The maximum absolute atomic E-state index is 11.9. The van der Waals surface area contributed by atoms with Crippen LogP contribution in [0.4, 0.5) is 0 Å². The molecule has 18 heavy (non-hydrogen) atoms. The largest absolute Gasteiger partial charge is 0.340 e. The van der Waals surface area contributed by atoms with Crippen LogP contribution in [0.25, 0.3) is 0 Å². The topological polar surface area (TPSA) is 92.5 Å². The van der Waals surface area contributed by atoms with Crippen molar-refractivity contribution in [2.75, 3.05) is 19.3 Å². The highest BCUT2D eigenvalue weighted by Gasteiger charge is 2.27. The third-order valence-corrected chi connectivity index (χ3v) is 3.53. The molecular weight excluding hydrogens is 254 g/mol. The van der Waals surface area contributed by atoms with Crippen LogP contribution >= 0.6 is 0 Å². The quantitative estimate of drug-likeness (QED) is 0.634. The van der Waals surface area contributed by atoms with Crippen molar-refractivity contribution >= 4 is 15.9 Å². The van der Waals surface area contributed by atoms with E-state index in [4.69, 9.17) is 12.2 Å². The number of hydrogen-bond donors (Lipinski definition) is 2. The highest BCUT2D eigenvalue weighted by molar-refractivity contribution is 7.88. The predicted octanol–water partition coefficient (Wildman–Crippen LogP) is -1.12. The highest BCUT2D eigenvalue weighted by atomic mass is 32.2. The number of carbonyl (C=O) groups is 1. The lowest BCUT2D eigenvalue weighted by Crippen LogP contribution is -2.53. The zero-order chi connectivity index (χ0) is 13.8. The summed E-state index contributed by atoms with van der Waals surface area (Å²) >= 11 is 0. The summed E-state index contributed by atoms with van der Waals surface area (Å²) in [7, 11) is -3.25. The molecule has 0 radical (unpaired) electrons. The van der Waals surface area contributed by atoms with Gasteiger partial charge in [-0.3, -0.25) is 4.79 Å². The van der Waals surface area contributed by atoms with Crippen molar-refractivity contribution in [3.8, 4) is 12.3 Å². The van der Waals surface area contributed by atoms with Crippen LogP contribution in [0.15, 0.2) is 0 Å². The molecule has 0 aromatic carbocycles. The number of carbonyl (C=O) groups excluding carboxylic acids is 1. The average molecular weight is 273 g/mol. The van der Waals surface area contributed by atoms with E-state index in [1.165, 1.54) is 0 Å². The second-order valence-corrected chi connectivity index (χ2v) is 6.31. The molecule has 1 aliphatic heterocycles. The monoisotopic (exact) mass is 273 g/mol. The number of nitrogens with zero attached hydrogens (tertiary/aromatic N) is 1. The fraction of sp³-hybridized carbons (Fsp3) is 0.727. The molecule has 1 aliphatic rings. The normalized spacial score (nSPS) is 22.3. The number of amides is 1. The number of terminal acetylenes is 1. The first-order valence-electron chi connectivity index (χ1n) is 5.78. The van der Waals surface area contributed by atoms with Gasteiger partial charge in [0, 0.05) is 25.6 Å². The summed E-state index contributed by atoms with van der Waals surface area (Å²) < 4.78 is 24.8. The molecule has 3 N–H and O–H groups in total. The summed E-state index contributed by atoms with van der Waals surface area (Å²) in [4.78, 5) is 13.5. The van der Waals surface area contributed by atoms with Gasteiger partial charge in [-0.05, 0) is 12.8 Å². The SMILES string of the molecule is C#CCC(N)C(=O)N1CCCC(NS(C)(=O)=O)C1. The summed E-state index contributed by atoms with van der Waals surface area (Å²) in [6, 6.07) is -0.942. The average Bonchev–Trinajstić information content (AvgIpc) is 2.26. The second kappa shape index (κ2) is 6.18. The molecule has 0 aromatic rings. The molecule has 0 bridgehead atoms. The van der Waals surface area contributed by atoms with Gasteiger partial charge in [-0.2, -0.15) is 0 Å².